The molecular formula is C28H25F3N6O2. The summed E-state index contributed by atoms with van der Waals surface area (Å²) < 4.78 is 46.1. The predicted molar refractivity (Wildman–Crippen MR) is 138 cm³/mol. The van der Waals surface area contributed by atoms with Gasteiger partial charge < -0.3 is 19.7 Å². The van der Waals surface area contributed by atoms with Crippen LogP contribution in [0.2, 0.25) is 0 Å². The highest BCUT2D eigenvalue weighted by atomic mass is 19.3. The molecule has 39 heavy (non-hydrogen) atoms. The number of nitrogens with zero attached hydrogens (tertiary/aromatic N) is 5. The first-order chi connectivity index (χ1) is 18.8. The van der Waals surface area contributed by atoms with Gasteiger partial charge in [-0.2, -0.15) is 0 Å². The van der Waals surface area contributed by atoms with Crippen LogP contribution >= 0.6 is 0 Å². The van der Waals surface area contributed by atoms with Gasteiger partial charge in [-0.3, -0.25) is 9.20 Å². The average Bonchev–Trinajstić information content (AvgIpc) is 3.57. The number of hydrogen-bond acceptors (Lipinski definition) is 3. The van der Waals surface area contributed by atoms with E-state index in [1.54, 1.807) is 11.1 Å². The maximum Gasteiger partial charge on any atom is 0.320 e. The number of hydrogen-bond donors (Lipinski definition) is 1. The number of aromatic nitrogens is 3. The van der Waals surface area contributed by atoms with Crippen molar-refractivity contribution in [3.05, 3.63) is 71.6 Å². The molecule has 1 fully saturated rings. The Bertz CT molecular complexity index is 1690. The Balaban J connectivity index is 1.29. The first-order valence-corrected chi connectivity index (χ1v) is 13.0. The lowest BCUT2D eigenvalue weighted by molar-refractivity contribution is -0.114. The number of piperidine rings is 1. The fourth-order valence-corrected chi connectivity index (χ4v) is 6.03. The molecule has 3 aliphatic rings. The molecule has 0 saturated carbocycles. The summed E-state index contributed by atoms with van der Waals surface area (Å²) in [5, 5.41) is 3.58. The number of alkyl halides is 2. The van der Waals surface area contributed by atoms with Crippen LogP contribution in [-0.4, -0.2) is 67.8 Å². The molecule has 0 bridgehead atoms. The van der Waals surface area contributed by atoms with E-state index in [0.717, 1.165) is 16.7 Å². The summed E-state index contributed by atoms with van der Waals surface area (Å²) >= 11 is 0. The summed E-state index contributed by atoms with van der Waals surface area (Å²) in [7, 11) is 0. The number of pyridine rings is 1. The van der Waals surface area contributed by atoms with Gasteiger partial charge in [0.05, 0.1) is 23.0 Å². The molecule has 0 unspecified atom stereocenters. The molecular weight excluding hydrogens is 509 g/mol. The van der Waals surface area contributed by atoms with Gasteiger partial charge in [0.1, 0.15) is 11.5 Å². The highest BCUT2D eigenvalue weighted by Crippen LogP contribution is 2.38. The second-order valence-electron chi connectivity index (χ2n) is 10.4. The predicted octanol–water partition coefficient (Wildman–Crippen LogP) is 4.14. The number of urea groups is 1. The topological polar surface area (TPSA) is 74.9 Å². The van der Waals surface area contributed by atoms with Crippen molar-refractivity contribution in [2.75, 3.05) is 26.2 Å². The van der Waals surface area contributed by atoms with Crippen LogP contribution in [0.25, 0.3) is 27.7 Å². The molecule has 6 heterocycles. The zero-order valence-electron chi connectivity index (χ0n) is 21.0. The number of halogens is 3. The first-order valence-electron chi connectivity index (χ1n) is 13.0. The number of fused-ring (bicyclic) bond motifs is 1. The van der Waals surface area contributed by atoms with E-state index in [1.807, 2.05) is 39.6 Å². The maximum absolute atomic E-state index is 15.0. The third-order valence-corrected chi connectivity index (χ3v) is 7.98. The Morgan fingerprint density at radius 3 is 2.69 bits per heavy atom. The van der Waals surface area contributed by atoms with Crippen LogP contribution in [0.3, 0.4) is 0 Å². The molecule has 3 aliphatic heterocycles. The van der Waals surface area contributed by atoms with Crippen molar-refractivity contribution in [3.63, 3.8) is 0 Å². The third kappa shape index (κ3) is 3.86. The molecule has 1 aromatic carbocycles. The monoisotopic (exact) mass is 534 g/mol. The number of benzene rings is 1. The van der Waals surface area contributed by atoms with Gasteiger partial charge in [-0.05, 0) is 35.4 Å². The van der Waals surface area contributed by atoms with E-state index < -0.39 is 11.7 Å². The van der Waals surface area contributed by atoms with Gasteiger partial charge in [-0.1, -0.05) is 6.07 Å². The lowest BCUT2D eigenvalue weighted by Gasteiger charge is -2.35. The Kier molecular flexibility index (Phi) is 5.26. The minimum absolute atomic E-state index is 0.00139. The Morgan fingerprint density at radius 1 is 1.05 bits per heavy atom. The minimum atomic E-state index is -2.74. The van der Waals surface area contributed by atoms with Gasteiger partial charge in [-0.25, -0.2) is 22.9 Å². The van der Waals surface area contributed by atoms with Crippen molar-refractivity contribution in [1.82, 2.24) is 29.1 Å². The molecule has 0 atom stereocenters. The summed E-state index contributed by atoms with van der Waals surface area (Å²) in [6.07, 6.45) is 4.74. The zero-order valence-corrected chi connectivity index (χ0v) is 21.0. The molecule has 1 saturated heterocycles. The summed E-state index contributed by atoms with van der Waals surface area (Å²) in [5.41, 5.74) is 4.82. The van der Waals surface area contributed by atoms with Crippen molar-refractivity contribution in [2.24, 2.45) is 0 Å². The highest BCUT2D eigenvalue weighted by Gasteiger charge is 2.37. The largest absolute Gasteiger partial charge is 0.348 e. The van der Waals surface area contributed by atoms with Crippen LogP contribution in [-0.2, 0) is 17.9 Å². The fourth-order valence-electron chi connectivity index (χ4n) is 6.03. The molecule has 7 rings (SSSR count). The van der Waals surface area contributed by atoms with E-state index in [4.69, 9.17) is 0 Å². The summed E-state index contributed by atoms with van der Waals surface area (Å²) in [4.78, 5) is 33.8. The van der Waals surface area contributed by atoms with Gasteiger partial charge in [0, 0.05) is 75.5 Å². The molecule has 200 valence electrons. The van der Waals surface area contributed by atoms with E-state index in [-0.39, 0.29) is 44.4 Å². The molecule has 0 aliphatic carbocycles. The molecule has 4 aromatic rings. The van der Waals surface area contributed by atoms with E-state index in [0.29, 0.717) is 47.5 Å². The Labute approximate surface area is 221 Å². The van der Waals surface area contributed by atoms with Crippen LogP contribution < -0.4 is 5.32 Å². The Morgan fingerprint density at radius 2 is 1.87 bits per heavy atom. The second kappa shape index (κ2) is 8.62. The molecule has 3 amide bonds. The van der Waals surface area contributed by atoms with Crippen LogP contribution in [0.1, 0.15) is 29.7 Å². The summed E-state index contributed by atoms with van der Waals surface area (Å²) in [5.74, 6) is -3.41. The van der Waals surface area contributed by atoms with Crippen molar-refractivity contribution in [1.29, 1.82) is 0 Å². The zero-order chi connectivity index (χ0) is 26.9. The lowest BCUT2D eigenvalue weighted by Crippen LogP contribution is -2.49. The molecule has 1 N–H and O–H groups in total. The molecule has 11 heteroatoms. The van der Waals surface area contributed by atoms with E-state index in [9.17, 15) is 18.4 Å². The molecule has 0 spiro atoms. The first kappa shape index (κ1) is 23.8. The third-order valence-electron chi connectivity index (χ3n) is 7.98. The van der Waals surface area contributed by atoms with Gasteiger partial charge >= 0.3 is 6.03 Å². The van der Waals surface area contributed by atoms with E-state index in [1.165, 1.54) is 17.0 Å². The van der Waals surface area contributed by atoms with Gasteiger partial charge in [0.15, 0.2) is 0 Å². The quantitative estimate of drug-likeness (QED) is 0.420. The van der Waals surface area contributed by atoms with Gasteiger partial charge in [0.2, 0.25) is 0 Å². The molecule has 3 aromatic heterocycles. The van der Waals surface area contributed by atoms with Crippen molar-refractivity contribution in [3.8, 4) is 0 Å². The number of rotatable bonds is 2. The van der Waals surface area contributed by atoms with Crippen molar-refractivity contribution in [2.45, 2.75) is 31.9 Å². The summed E-state index contributed by atoms with van der Waals surface area (Å²) in [6.45, 7) is 1.26. The number of carbonyl (C=O) groups excluding carboxylic acids is 2. The van der Waals surface area contributed by atoms with Crippen LogP contribution in [0.15, 0.2) is 48.9 Å². The van der Waals surface area contributed by atoms with Crippen molar-refractivity contribution >= 4 is 39.6 Å². The van der Waals surface area contributed by atoms with Crippen LogP contribution in [0, 0.1) is 5.82 Å². The van der Waals surface area contributed by atoms with E-state index >= 15 is 4.39 Å². The standard InChI is InChI=1S/C28H25F3N6O2/c29-18-11-17-15-36(27(39)34-7-4-28(30,31)5-8-34)10-9-35-16-21(19(12-18)25(17)35)20-13-33-26(38)24(20)22-14-32-23-3-1-2-6-37(22)23/h1-3,6,11-12,14,16H,4-5,7-10,13,15H2,(H,33,38). The number of carbonyl (C=O) groups is 2. The number of nitrogens with one attached hydrogen (secondary N) is 1. The normalized spacial score (nSPS) is 19.2. The van der Waals surface area contributed by atoms with Gasteiger partial charge in [-0.15, -0.1) is 0 Å². The lowest BCUT2D eigenvalue weighted by atomic mass is 9.98. The summed E-state index contributed by atoms with van der Waals surface area (Å²) in [6, 6.07) is 8.19. The number of imidazole rings is 1. The second-order valence-corrected chi connectivity index (χ2v) is 10.4. The van der Waals surface area contributed by atoms with Crippen LogP contribution in [0.4, 0.5) is 18.0 Å². The fraction of sp³-hybridized carbons (Fsp3) is 0.321. The minimum Gasteiger partial charge on any atom is -0.348 e. The highest BCUT2D eigenvalue weighted by molar-refractivity contribution is 6.31. The Hall–Kier alpha value is -4.28. The number of amides is 3. The molecule has 8 nitrogen and oxygen atoms in total. The van der Waals surface area contributed by atoms with Crippen molar-refractivity contribution < 1.29 is 22.8 Å². The average molecular weight is 535 g/mol. The SMILES string of the molecule is O=C1NCC(c2cn3c4c(cc(F)cc24)CN(C(=O)N2CCC(F)(F)CC2)CC3)=C1c1cnc2ccccn12. The van der Waals surface area contributed by atoms with E-state index in [2.05, 4.69) is 10.3 Å². The smallest absolute Gasteiger partial charge is 0.320 e. The molecule has 0 radical (unpaired) electrons. The maximum atomic E-state index is 15.0. The van der Waals surface area contributed by atoms with Crippen LogP contribution in [0.5, 0.6) is 0 Å². The van der Waals surface area contributed by atoms with Gasteiger partial charge in [0.25, 0.3) is 11.8 Å². The number of likely N-dealkylation sites (tertiary alicyclic amines) is 1.